The van der Waals surface area contributed by atoms with E-state index in [0.717, 1.165) is 32.5 Å². The Bertz CT molecular complexity index is 956. The molecule has 108 valence electrons. The lowest BCUT2D eigenvalue weighted by Gasteiger charge is -2.01. The highest BCUT2D eigenvalue weighted by atomic mass is 35.5. The van der Waals surface area contributed by atoms with E-state index < -0.39 is 0 Å². The first-order chi connectivity index (χ1) is 10.7. The molecule has 0 bridgehead atoms. The second-order valence-corrected chi connectivity index (χ2v) is 6.34. The third-order valence-corrected chi connectivity index (χ3v) is 4.67. The molecule has 2 aromatic carbocycles. The summed E-state index contributed by atoms with van der Waals surface area (Å²) >= 11 is 7.45. The number of benzene rings is 2. The Balaban J connectivity index is 1.86. The highest BCUT2D eigenvalue weighted by Crippen LogP contribution is 2.29. The molecular formula is C16H11ClN4S. The van der Waals surface area contributed by atoms with Gasteiger partial charge in [0.05, 0.1) is 0 Å². The molecule has 4 aromatic rings. The maximum absolute atomic E-state index is 5.93. The van der Waals surface area contributed by atoms with E-state index in [0.29, 0.717) is 5.02 Å². The maximum atomic E-state index is 5.93. The molecule has 0 aliphatic carbocycles. The topological polar surface area (TPSA) is 43.1 Å². The number of rotatable bonds is 2. The van der Waals surface area contributed by atoms with Gasteiger partial charge >= 0.3 is 0 Å². The van der Waals surface area contributed by atoms with Crippen molar-refractivity contribution in [3.05, 3.63) is 59.1 Å². The molecule has 0 unspecified atom stereocenters. The first-order valence-corrected chi connectivity index (χ1v) is 7.96. The van der Waals surface area contributed by atoms with Crippen molar-refractivity contribution in [2.75, 3.05) is 0 Å². The monoisotopic (exact) mass is 326 g/mol. The van der Waals surface area contributed by atoms with Crippen molar-refractivity contribution in [3.8, 4) is 22.0 Å². The van der Waals surface area contributed by atoms with E-state index in [2.05, 4.69) is 28.3 Å². The number of nitrogens with zero attached hydrogens (tertiary/aromatic N) is 4. The van der Waals surface area contributed by atoms with Gasteiger partial charge in [-0.05, 0) is 24.6 Å². The zero-order valence-electron chi connectivity index (χ0n) is 11.7. The minimum absolute atomic E-state index is 0.715. The summed E-state index contributed by atoms with van der Waals surface area (Å²) < 4.78 is 1.80. The van der Waals surface area contributed by atoms with Gasteiger partial charge in [0, 0.05) is 16.1 Å². The number of hydrogen-bond acceptors (Lipinski definition) is 4. The van der Waals surface area contributed by atoms with Gasteiger partial charge < -0.3 is 0 Å². The molecule has 4 rings (SSSR count). The van der Waals surface area contributed by atoms with Crippen molar-refractivity contribution in [1.29, 1.82) is 0 Å². The number of aromatic nitrogens is 4. The summed E-state index contributed by atoms with van der Waals surface area (Å²) in [4.78, 5) is 0.781. The van der Waals surface area contributed by atoms with Crippen molar-refractivity contribution in [3.63, 3.8) is 0 Å². The third kappa shape index (κ3) is 2.19. The van der Waals surface area contributed by atoms with Crippen molar-refractivity contribution in [1.82, 2.24) is 19.8 Å². The number of halogens is 1. The smallest absolute Gasteiger partial charge is 0.182 e. The lowest BCUT2D eigenvalue weighted by molar-refractivity contribution is 0.969. The van der Waals surface area contributed by atoms with Gasteiger partial charge in [-0.15, -0.1) is 10.2 Å². The quantitative estimate of drug-likeness (QED) is 0.545. The highest BCUT2D eigenvalue weighted by molar-refractivity contribution is 7.19. The second kappa shape index (κ2) is 5.19. The summed E-state index contributed by atoms with van der Waals surface area (Å²) in [6.07, 6.45) is 0. The average Bonchev–Trinajstić information content (AvgIpc) is 3.09. The van der Waals surface area contributed by atoms with Crippen molar-refractivity contribution in [2.24, 2.45) is 0 Å². The van der Waals surface area contributed by atoms with E-state index in [1.807, 2.05) is 42.5 Å². The second-order valence-electron chi connectivity index (χ2n) is 4.95. The Morgan fingerprint density at radius 3 is 2.55 bits per heavy atom. The summed E-state index contributed by atoms with van der Waals surface area (Å²) in [5.41, 5.74) is 3.22. The van der Waals surface area contributed by atoms with E-state index in [-0.39, 0.29) is 0 Å². The molecular weight excluding hydrogens is 316 g/mol. The molecule has 0 atom stereocenters. The lowest BCUT2D eigenvalue weighted by Crippen LogP contribution is -1.92. The normalized spacial score (nSPS) is 11.2. The Labute approximate surface area is 136 Å². The summed E-state index contributed by atoms with van der Waals surface area (Å²) in [5, 5.41) is 14.8. The molecule has 0 fully saturated rings. The van der Waals surface area contributed by atoms with Crippen LogP contribution in [0.3, 0.4) is 0 Å². The Morgan fingerprint density at radius 1 is 1.00 bits per heavy atom. The first kappa shape index (κ1) is 13.4. The molecule has 0 saturated heterocycles. The largest absolute Gasteiger partial charge is 0.235 e. The van der Waals surface area contributed by atoms with Crippen LogP contribution < -0.4 is 0 Å². The Morgan fingerprint density at radius 2 is 1.77 bits per heavy atom. The molecule has 6 heteroatoms. The van der Waals surface area contributed by atoms with Crippen LogP contribution in [0.1, 0.15) is 5.56 Å². The van der Waals surface area contributed by atoms with Crippen LogP contribution in [0.2, 0.25) is 5.02 Å². The van der Waals surface area contributed by atoms with Crippen LogP contribution in [-0.4, -0.2) is 19.8 Å². The molecule has 0 saturated carbocycles. The predicted octanol–water partition coefficient (Wildman–Crippen LogP) is 4.48. The summed E-state index contributed by atoms with van der Waals surface area (Å²) in [5.74, 6) is 0.768. The van der Waals surface area contributed by atoms with Gasteiger partial charge in [-0.2, -0.15) is 9.61 Å². The lowest BCUT2D eigenvalue weighted by atomic mass is 10.1. The van der Waals surface area contributed by atoms with E-state index in [1.165, 1.54) is 11.3 Å². The van der Waals surface area contributed by atoms with Crippen LogP contribution in [0.5, 0.6) is 0 Å². The molecule has 0 spiro atoms. The Kier molecular flexibility index (Phi) is 3.17. The molecule has 0 aliphatic heterocycles. The van der Waals surface area contributed by atoms with Crippen LogP contribution in [0, 0.1) is 6.92 Å². The molecule has 0 aliphatic rings. The van der Waals surface area contributed by atoms with Gasteiger partial charge in [-0.3, -0.25) is 0 Å². The summed E-state index contributed by atoms with van der Waals surface area (Å²) in [6.45, 7) is 2.06. The van der Waals surface area contributed by atoms with Gasteiger partial charge in [0.15, 0.2) is 5.82 Å². The van der Waals surface area contributed by atoms with E-state index in [1.54, 1.807) is 4.52 Å². The minimum atomic E-state index is 0.715. The van der Waals surface area contributed by atoms with Gasteiger partial charge in [-0.25, -0.2) is 0 Å². The third-order valence-electron chi connectivity index (χ3n) is 3.47. The van der Waals surface area contributed by atoms with Crippen molar-refractivity contribution in [2.45, 2.75) is 6.92 Å². The maximum Gasteiger partial charge on any atom is 0.235 e. The van der Waals surface area contributed by atoms with Crippen LogP contribution in [0.15, 0.2) is 48.5 Å². The van der Waals surface area contributed by atoms with Gasteiger partial charge in [-0.1, -0.05) is 59.3 Å². The average molecular weight is 327 g/mol. The van der Waals surface area contributed by atoms with Crippen LogP contribution in [-0.2, 0) is 0 Å². The highest BCUT2D eigenvalue weighted by Gasteiger charge is 2.15. The minimum Gasteiger partial charge on any atom is -0.182 e. The fraction of sp³-hybridized carbons (Fsp3) is 0.0625. The number of aryl methyl sites for hydroxylation is 1. The van der Waals surface area contributed by atoms with Gasteiger partial charge in [0.2, 0.25) is 4.96 Å². The van der Waals surface area contributed by atoms with Crippen molar-refractivity contribution >= 4 is 27.9 Å². The van der Waals surface area contributed by atoms with E-state index in [4.69, 9.17) is 11.6 Å². The molecule has 0 N–H and O–H groups in total. The predicted molar refractivity (Wildman–Crippen MR) is 89.3 cm³/mol. The van der Waals surface area contributed by atoms with Crippen LogP contribution in [0.25, 0.3) is 26.9 Å². The fourth-order valence-electron chi connectivity index (χ4n) is 2.32. The SMILES string of the molecule is Cc1ccccc1-c1nnc2sc(-c3ccc(Cl)cc3)nn12. The zero-order chi connectivity index (χ0) is 15.1. The van der Waals surface area contributed by atoms with Crippen LogP contribution in [0.4, 0.5) is 0 Å². The van der Waals surface area contributed by atoms with Crippen LogP contribution >= 0.6 is 22.9 Å². The van der Waals surface area contributed by atoms with Crippen molar-refractivity contribution < 1.29 is 0 Å². The van der Waals surface area contributed by atoms with E-state index >= 15 is 0 Å². The standard InChI is InChI=1S/C16H11ClN4S/c1-10-4-2-3-5-13(10)14-18-19-16-21(14)20-15(22-16)11-6-8-12(17)9-7-11/h2-9H,1H3. The molecule has 0 amide bonds. The molecule has 2 heterocycles. The van der Waals surface area contributed by atoms with E-state index in [9.17, 15) is 0 Å². The molecule has 2 aromatic heterocycles. The number of fused-ring (bicyclic) bond motifs is 1. The number of hydrogen-bond donors (Lipinski definition) is 0. The summed E-state index contributed by atoms with van der Waals surface area (Å²) in [6, 6.07) is 15.7. The first-order valence-electron chi connectivity index (χ1n) is 6.76. The Hall–Kier alpha value is -2.24. The molecule has 4 nitrogen and oxygen atoms in total. The zero-order valence-corrected chi connectivity index (χ0v) is 13.3. The van der Waals surface area contributed by atoms with Gasteiger partial charge in [0.1, 0.15) is 5.01 Å². The molecule has 22 heavy (non-hydrogen) atoms. The fourth-order valence-corrected chi connectivity index (χ4v) is 3.29. The summed E-state index contributed by atoms with van der Waals surface area (Å²) in [7, 11) is 0. The van der Waals surface area contributed by atoms with Gasteiger partial charge in [0.25, 0.3) is 0 Å². The molecule has 0 radical (unpaired) electrons.